The second-order valence-corrected chi connectivity index (χ2v) is 27.9. The van der Waals surface area contributed by atoms with E-state index in [2.05, 4.69) is 122 Å². The van der Waals surface area contributed by atoms with Crippen LogP contribution in [0, 0.1) is 0 Å². The van der Waals surface area contributed by atoms with Crippen molar-refractivity contribution in [2.75, 3.05) is 13.7 Å². The minimum atomic E-state index is -2.64. The minimum Gasteiger partial charge on any atom is -0.497 e. The van der Waals surface area contributed by atoms with E-state index in [0.29, 0.717) is 19.1 Å². The number of hydrogen-bond acceptors (Lipinski definition) is 8. The van der Waals surface area contributed by atoms with E-state index in [1.165, 1.54) is 15.9 Å². The third-order valence-electron chi connectivity index (χ3n) is 12.3. The van der Waals surface area contributed by atoms with Gasteiger partial charge in [0.2, 0.25) is 5.89 Å². The topological polar surface area (TPSA) is 81.4 Å². The first-order valence-corrected chi connectivity index (χ1v) is 25.9. The Kier molecular flexibility index (Phi) is 14.4. The van der Waals surface area contributed by atoms with Crippen LogP contribution in [0.1, 0.15) is 103 Å². The lowest BCUT2D eigenvalue weighted by atomic mass is 9.91. The summed E-state index contributed by atoms with van der Waals surface area (Å²) in [4.78, 5) is 4.86. The van der Waals surface area contributed by atoms with Gasteiger partial charge >= 0.3 is 0 Å². The van der Waals surface area contributed by atoms with E-state index in [1.807, 2.05) is 24.3 Å². The fourth-order valence-electron chi connectivity index (χ4n) is 8.32. The predicted molar refractivity (Wildman–Crippen MR) is 237 cm³/mol. The maximum absolute atomic E-state index is 7.26. The van der Waals surface area contributed by atoms with E-state index < -0.39 is 16.6 Å². The van der Waals surface area contributed by atoms with Crippen LogP contribution in [0.3, 0.4) is 0 Å². The summed E-state index contributed by atoms with van der Waals surface area (Å²) in [5.74, 6) is 1.35. The highest BCUT2D eigenvalue weighted by Crippen LogP contribution is 2.43. The van der Waals surface area contributed by atoms with Gasteiger partial charge in [0.25, 0.3) is 8.32 Å². The molecule has 5 atom stereocenters. The number of methoxy groups -OCH3 is 1. The molecule has 0 spiro atoms. The van der Waals surface area contributed by atoms with E-state index in [-0.39, 0.29) is 47.2 Å². The number of benzene rings is 3. The first-order chi connectivity index (χ1) is 27.6. The van der Waals surface area contributed by atoms with Gasteiger partial charge in [0, 0.05) is 19.4 Å². The highest BCUT2D eigenvalue weighted by molar-refractivity contribution is 6.99. The molecule has 6 rings (SSSR count). The summed E-state index contributed by atoms with van der Waals surface area (Å²) in [6.45, 7) is 24.3. The van der Waals surface area contributed by atoms with Crippen LogP contribution in [0.4, 0.5) is 0 Å². The second-order valence-electron chi connectivity index (χ2n) is 18.8. The standard InChI is InChI=1S/C48H67NO7Si2/c1-35-27-38(25-26-53-58(48(5,6)7,42-17-13-11-14-18-42)43-19-15-12-16-20-43)54-39(28-35)29-40-30-41(56-57(9,10)47(2,3)4)31-45(55-40)44-33-52-46(49-44)34-51-32-36-21-23-37(50-8)24-22-36/h11-24,33,38-41,45H,1,25-32,34H2,2-10H3/t38-,39+,40+,41+,45+/m0/s1. The molecule has 3 heterocycles. The Hall–Kier alpha value is -3.36. The summed E-state index contributed by atoms with van der Waals surface area (Å²) in [6, 6.07) is 29.6. The Morgan fingerprint density at radius 2 is 1.40 bits per heavy atom. The van der Waals surface area contributed by atoms with E-state index in [9.17, 15) is 0 Å². The molecule has 1 aromatic heterocycles. The van der Waals surface area contributed by atoms with Gasteiger partial charge in [-0.3, -0.25) is 0 Å². The number of aromatic nitrogens is 1. The van der Waals surface area contributed by atoms with Crippen molar-refractivity contribution >= 4 is 27.0 Å². The molecular weight excluding hydrogens is 759 g/mol. The van der Waals surface area contributed by atoms with Crippen LogP contribution >= 0.6 is 0 Å². The van der Waals surface area contributed by atoms with Crippen molar-refractivity contribution in [2.45, 2.75) is 147 Å². The van der Waals surface area contributed by atoms with E-state index in [1.54, 1.807) is 13.4 Å². The molecule has 0 bridgehead atoms. The van der Waals surface area contributed by atoms with Crippen molar-refractivity contribution in [3.8, 4) is 5.75 Å². The minimum absolute atomic E-state index is 0.00406. The third-order valence-corrected chi connectivity index (χ3v) is 21.9. The number of ether oxygens (including phenoxy) is 4. The molecule has 10 heteroatoms. The van der Waals surface area contributed by atoms with Crippen molar-refractivity contribution in [1.82, 2.24) is 4.98 Å². The Labute approximate surface area is 349 Å². The number of oxazole rings is 1. The predicted octanol–water partition coefficient (Wildman–Crippen LogP) is 10.5. The fraction of sp³-hybridized carbons (Fsp3) is 0.521. The van der Waals surface area contributed by atoms with Crippen LogP contribution in [0.25, 0.3) is 0 Å². The van der Waals surface area contributed by atoms with E-state index in [0.717, 1.165) is 55.5 Å². The SMILES string of the molecule is C=C1C[C@H](C[C@@H]2C[C@@H](O[Si](C)(C)C(C)(C)C)C[C@H](c3coc(COCc4ccc(OC)cc4)n3)O2)O[C@@H](CCO[Si](c2ccccc2)(c2ccccc2)C(C)(C)C)C1. The third kappa shape index (κ3) is 10.9. The molecule has 0 N–H and O–H groups in total. The molecule has 0 amide bonds. The van der Waals surface area contributed by atoms with Crippen molar-refractivity contribution in [3.05, 3.63) is 120 Å². The molecule has 2 saturated heterocycles. The molecule has 0 radical (unpaired) electrons. The summed E-state index contributed by atoms with van der Waals surface area (Å²) >= 11 is 0. The zero-order valence-corrected chi connectivity index (χ0v) is 38.4. The van der Waals surface area contributed by atoms with Crippen LogP contribution in [0.2, 0.25) is 23.2 Å². The van der Waals surface area contributed by atoms with Crippen LogP contribution in [0.5, 0.6) is 5.75 Å². The van der Waals surface area contributed by atoms with Crippen molar-refractivity contribution in [1.29, 1.82) is 0 Å². The molecule has 2 aliphatic heterocycles. The highest BCUT2D eigenvalue weighted by atomic mass is 28.4. The monoisotopic (exact) mass is 825 g/mol. The Morgan fingerprint density at radius 1 is 0.759 bits per heavy atom. The largest absolute Gasteiger partial charge is 0.497 e. The van der Waals surface area contributed by atoms with Gasteiger partial charge in [0.1, 0.15) is 30.4 Å². The van der Waals surface area contributed by atoms with Crippen LogP contribution in [-0.4, -0.2) is 59.8 Å². The van der Waals surface area contributed by atoms with Crippen LogP contribution < -0.4 is 15.1 Å². The summed E-state index contributed by atoms with van der Waals surface area (Å²) in [7, 11) is -3.03. The van der Waals surface area contributed by atoms with E-state index in [4.69, 9.17) is 37.2 Å². The summed E-state index contributed by atoms with van der Waals surface area (Å²) in [6.07, 6.45) is 6.23. The van der Waals surface area contributed by atoms with Crippen molar-refractivity contribution in [3.63, 3.8) is 0 Å². The molecule has 8 nitrogen and oxygen atoms in total. The summed E-state index contributed by atoms with van der Waals surface area (Å²) < 4.78 is 45.3. The Balaban J connectivity index is 1.12. The molecule has 58 heavy (non-hydrogen) atoms. The first-order valence-electron chi connectivity index (χ1n) is 21.1. The van der Waals surface area contributed by atoms with Crippen molar-refractivity contribution in [2.24, 2.45) is 0 Å². The zero-order chi connectivity index (χ0) is 41.6. The molecule has 0 saturated carbocycles. The average Bonchev–Trinajstić information content (AvgIpc) is 3.65. The Bertz CT molecular complexity index is 1850. The van der Waals surface area contributed by atoms with Gasteiger partial charge in [0.15, 0.2) is 8.32 Å². The van der Waals surface area contributed by atoms with Crippen molar-refractivity contribution < 1.29 is 32.2 Å². The lowest BCUT2D eigenvalue weighted by Gasteiger charge is -2.44. The normalized spacial score (nSPS) is 22.2. The van der Waals surface area contributed by atoms with Crippen LogP contribution in [-0.2, 0) is 36.3 Å². The maximum Gasteiger partial charge on any atom is 0.261 e. The molecule has 3 aromatic carbocycles. The van der Waals surface area contributed by atoms with Gasteiger partial charge in [-0.05, 0) is 76.9 Å². The lowest BCUT2D eigenvalue weighted by Crippen LogP contribution is -2.66. The average molecular weight is 826 g/mol. The van der Waals surface area contributed by atoms with Crippen LogP contribution in [0.15, 0.2) is 108 Å². The fourth-order valence-corrected chi connectivity index (χ4v) is 14.3. The molecule has 2 fully saturated rings. The molecule has 2 aliphatic rings. The van der Waals surface area contributed by atoms with Gasteiger partial charge in [-0.2, -0.15) is 0 Å². The highest BCUT2D eigenvalue weighted by Gasteiger charge is 2.50. The molecule has 4 aromatic rings. The molecule has 0 aliphatic carbocycles. The van der Waals surface area contributed by atoms with Gasteiger partial charge in [-0.25, -0.2) is 4.98 Å². The van der Waals surface area contributed by atoms with E-state index >= 15 is 0 Å². The molecular formula is C48H67NO7Si2. The first kappa shape index (κ1) is 44.2. The zero-order valence-electron chi connectivity index (χ0n) is 36.4. The number of rotatable bonds is 16. The smallest absolute Gasteiger partial charge is 0.261 e. The quantitative estimate of drug-likeness (QED) is 0.0816. The van der Waals surface area contributed by atoms with Gasteiger partial charge in [-0.15, -0.1) is 0 Å². The Morgan fingerprint density at radius 3 is 2.00 bits per heavy atom. The summed E-state index contributed by atoms with van der Waals surface area (Å²) in [5, 5.41) is 2.59. The molecule has 0 unspecified atom stereocenters. The van der Waals surface area contributed by atoms with Gasteiger partial charge in [0.05, 0.1) is 38.1 Å². The second kappa shape index (κ2) is 18.9. The number of nitrogens with zero attached hydrogens (tertiary/aromatic N) is 1. The number of hydrogen-bond donors (Lipinski definition) is 0. The molecule has 314 valence electrons. The maximum atomic E-state index is 7.26. The van der Waals surface area contributed by atoms with Gasteiger partial charge < -0.3 is 32.2 Å². The summed E-state index contributed by atoms with van der Waals surface area (Å²) in [5.41, 5.74) is 3.06. The van der Waals surface area contributed by atoms with Gasteiger partial charge in [-0.1, -0.05) is 126 Å². The lowest BCUT2D eigenvalue weighted by molar-refractivity contribution is -0.126.